The van der Waals surface area contributed by atoms with Crippen LogP contribution in [0.5, 0.6) is 11.5 Å². The topological polar surface area (TPSA) is 74.4 Å². The molecule has 1 amide bonds. The molecule has 0 fully saturated rings. The van der Waals surface area contributed by atoms with Gasteiger partial charge in [-0.25, -0.2) is 0 Å². The van der Waals surface area contributed by atoms with Crippen molar-refractivity contribution in [3.8, 4) is 11.5 Å². The Morgan fingerprint density at radius 3 is 2.67 bits per heavy atom. The van der Waals surface area contributed by atoms with Crippen LogP contribution < -0.4 is 15.2 Å². The number of hydrogen-bond acceptors (Lipinski definition) is 4. The Hall–Kier alpha value is -2.30. The van der Waals surface area contributed by atoms with Gasteiger partial charge in [0.05, 0.1) is 13.2 Å². The maximum absolute atomic E-state index is 11.3. The number of aromatic nitrogens is 1. The van der Waals surface area contributed by atoms with Gasteiger partial charge in [0.2, 0.25) is 0 Å². The summed E-state index contributed by atoms with van der Waals surface area (Å²) < 4.78 is 11.2. The lowest BCUT2D eigenvalue weighted by molar-refractivity contribution is 0.0997. The highest BCUT2D eigenvalue weighted by Gasteiger charge is 2.15. The van der Waals surface area contributed by atoms with Crippen molar-refractivity contribution in [1.82, 2.24) is 4.98 Å². The SMILES string of the molecule is NC(=O)c1nccc2cc3c(cc12)OCCCO3. The van der Waals surface area contributed by atoms with E-state index in [4.69, 9.17) is 15.2 Å². The van der Waals surface area contributed by atoms with Crippen LogP contribution in [0.2, 0.25) is 0 Å². The molecule has 1 aromatic carbocycles. The lowest BCUT2D eigenvalue weighted by atomic mass is 10.1. The van der Waals surface area contributed by atoms with Crippen molar-refractivity contribution in [3.05, 3.63) is 30.1 Å². The van der Waals surface area contributed by atoms with E-state index < -0.39 is 5.91 Å². The third kappa shape index (κ3) is 1.73. The van der Waals surface area contributed by atoms with Gasteiger partial charge in [0.25, 0.3) is 5.91 Å². The fraction of sp³-hybridized carbons (Fsp3) is 0.231. The minimum Gasteiger partial charge on any atom is -0.490 e. The summed E-state index contributed by atoms with van der Waals surface area (Å²) in [6, 6.07) is 5.43. The molecule has 5 heteroatoms. The first-order valence-corrected chi connectivity index (χ1v) is 5.74. The maximum atomic E-state index is 11.3. The monoisotopic (exact) mass is 244 g/mol. The smallest absolute Gasteiger partial charge is 0.267 e. The Bertz CT molecular complexity index is 625. The van der Waals surface area contributed by atoms with Gasteiger partial charge in [-0.05, 0) is 23.6 Å². The number of carbonyl (C=O) groups is 1. The molecule has 0 spiro atoms. The minimum absolute atomic E-state index is 0.253. The summed E-state index contributed by atoms with van der Waals surface area (Å²) in [6.07, 6.45) is 2.40. The largest absolute Gasteiger partial charge is 0.490 e. The van der Waals surface area contributed by atoms with Gasteiger partial charge in [-0.3, -0.25) is 9.78 Å². The lowest BCUT2D eigenvalue weighted by Crippen LogP contribution is -2.13. The molecule has 0 radical (unpaired) electrons. The second kappa shape index (κ2) is 4.18. The molecular weight excluding hydrogens is 232 g/mol. The normalized spacial score (nSPS) is 14.2. The molecule has 1 aliphatic rings. The molecule has 0 unspecified atom stereocenters. The number of primary amides is 1. The van der Waals surface area contributed by atoms with Crippen molar-refractivity contribution in [2.45, 2.75) is 6.42 Å². The molecule has 0 aliphatic carbocycles. The van der Waals surface area contributed by atoms with Crippen molar-refractivity contribution >= 4 is 16.7 Å². The van der Waals surface area contributed by atoms with Crippen LogP contribution in [-0.4, -0.2) is 24.1 Å². The Morgan fingerprint density at radius 1 is 1.22 bits per heavy atom. The number of nitrogens with zero attached hydrogens (tertiary/aromatic N) is 1. The first-order valence-electron chi connectivity index (χ1n) is 5.74. The molecule has 0 saturated heterocycles. The quantitative estimate of drug-likeness (QED) is 0.824. The number of benzene rings is 1. The Morgan fingerprint density at radius 2 is 1.94 bits per heavy atom. The first-order chi connectivity index (χ1) is 8.75. The standard InChI is InChI=1S/C13H12N2O3/c14-13(16)12-9-7-11-10(17-4-1-5-18-11)6-8(9)2-3-15-12/h2-3,6-7H,1,4-5H2,(H2,14,16). The Balaban J connectivity index is 2.25. The molecule has 3 rings (SSSR count). The van der Waals surface area contributed by atoms with E-state index in [9.17, 15) is 4.79 Å². The summed E-state index contributed by atoms with van der Waals surface area (Å²) in [5, 5.41) is 1.55. The van der Waals surface area contributed by atoms with Crippen LogP contribution in [0, 0.1) is 0 Å². The van der Waals surface area contributed by atoms with Crippen molar-refractivity contribution < 1.29 is 14.3 Å². The zero-order chi connectivity index (χ0) is 12.5. The average molecular weight is 244 g/mol. The van der Waals surface area contributed by atoms with Crippen LogP contribution in [0.1, 0.15) is 16.9 Å². The van der Waals surface area contributed by atoms with E-state index in [1.807, 2.05) is 12.1 Å². The molecule has 2 N–H and O–H groups in total. The molecule has 0 bridgehead atoms. The van der Waals surface area contributed by atoms with Crippen molar-refractivity contribution in [2.75, 3.05) is 13.2 Å². The van der Waals surface area contributed by atoms with Crippen LogP contribution in [0.15, 0.2) is 24.4 Å². The van der Waals surface area contributed by atoms with Crippen LogP contribution in [0.25, 0.3) is 10.8 Å². The van der Waals surface area contributed by atoms with E-state index in [0.717, 1.165) is 11.8 Å². The van der Waals surface area contributed by atoms with E-state index in [2.05, 4.69) is 4.98 Å². The molecule has 0 atom stereocenters. The highest BCUT2D eigenvalue weighted by Crippen LogP contribution is 2.34. The molecular formula is C13H12N2O3. The number of ether oxygens (including phenoxy) is 2. The molecule has 5 nitrogen and oxygen atoms in total. The van der Waals surface area contributed by atoms with Crippen LogP contribution >= 0.6 is 0 Å². The van der Waals surface area contributed by atoms with E-state index in [1.54, 1.807) is 12.3 Å². The van der Waals surface area contributed by atoms with Gasteiger partial charge in [-0.2, -0.15) is 0 Å². The van der Waals surface area contributed by atoms with Gasteiger partial charge in [-0.15, -0.1) is 0 Å². The third-order valence-corrected chi connectivity index (χ3v) is 2.87. The molecule has 92 valence electrons. The molecule has 18 heavy (non-hydrogen) atoms. The number of carbonyl (C=O) groups excluding carboxylic acids is 1. The van der Waals surface area contributed by atoms with Crippen molar-refractivity contribution in [3.63, 3.8) is 0 Å². The van der Waals surface area contributed by atoms with Crippen molar-refractivity contribution in [1.29, 1.82) is 0 Å². The summed E-state index contributed by atoms with van der Waals surface area (Å²) in [5.41, 5.74) is 5.57. The number of fused-ring (bicyclic) bond motifs is 2. The second-order valence-corrected chi connectivity index (χ2v) is 4.09. The third-order valence-electron chi connectivity index (χ3n) is 2.87. The molecule has 1 aliphatic heterocycles. The van der Waals surface area contributed by atoms with Gasteiger partial charge in [0, 0.05) is 18.0 Å². The number of amides is 1. The first kappa shape index (κ1) is 10.8. The zero-order valence-electron chi connectivity index (χ0n) is 9.68. The lowest BCUT2D eigenvalue weighted by Gasteiger charge is -2.10. The van der Waals surface area contributed by atoms with Gasteiger partial charge >= 0.3 is 0 Å². The predicted octanol–water partition coefficient (Wildman–Crippen LogP) is 1.49. The molecule has 2 aromatic rings. The van der Waals surface area contributed by atoms with Gasteiger partial charge < -0.3 is 15.2 Å². The van der Waals surface area contributed by atoms with Crippen LogP contribution in [0.4, 0.5) is 0 Å². The molecule has 2 heterocycles. The number of pyridine rings is 1. The fourth-order valence-electron chi connectivity index (χ4n) is 2.03. The van der Waals surface area contributed by atoms with Crippen LogP contribution in [-0.2, 0) is 0 Å². The fourth-order valence-corrected chi connectivity index (χ4v) is 2.03. The number of nitrogens with two attached hydrogens (primary N) is 1. The Labute approximate surface area is 104 Å². The summed E-state index contributed by atoms with van der Waals surface area (Å²) in [7, 11) is 0. The van der Waals surface area contributed by atoms with E-state index in [1.165, 1.54) is 0 Å². The second-order valence-electron chi connectivity index (χ2n) is 4.09. The number of rotatable bonds is 1. The maximum Gasteiger partial charge on any atom is 0.267 e. The van der Waals surface area contributed by atoms with E-state index >= 15 is 0 Å². The number of hydrogen-bond donors (Lipinski definition) is 1. The van der Waals surface area contributed by atoms with Gasteiger partial charge in [0.15, 0.2) is 11.5 Å². The summed E-state index contributed by atoms with van der Waals surface area (Å²) in [4.78, 5) is 15.3. The highest BCUT2D eigenvalue weighted by molar-refractivity contribution is 6.05. The molecule has 1 aromatic heterocycles. The minimum atomic E-state index is -0.546. The predicted molar refractivity (Wildman–Crippen MR) is 65.9 cm³/mol. The van der Waals surface area contributed by atoms with E-state index in [-0.39, 0.29) is 5.69 Å². The zero-order valence-corrected chi connectivity index (χ0v) is 9.68. The highest BCUT2D eigenvalue weighted by atomic mass is 16.5. The molecule has 0 saturated carbocycles. The Kier molecular flexibility index (Phi) is 2.51. The van der Waals surface area contributed by atoms with Crippen molar-refractivity contribution in [2.24, 2.45) is 5.73 Å². The summed E-state index contributed by atoms with van der Waals surface area (Å²) in [6.45, 7) is 1.23. The van der Waals surface area contributed by atoms with Gasteiger partial charge in [0.1, 0.15) is 5.69 Å². The van der Waals surface area contributed by atoms with Gasteiger partial charge in [-0.1, -0.05) is 0 Å². The summed E-state index contributed by atoms with van der Waals surface area (Å²) >= 11 is 0. The summed E-state index contributed by atoms with van der Waals surface area (Å²) in [5.74, 6) is 0.784. The average Bonchev–Trinajstić information content (AvgIpc) is 2.59. The van der Waals surface area contributed by atoms with Crippen LogP contribution in [0.3, 0.4) is 0 Å². The van der Waals surface area contributed by atoms with E-state index in [0.29, 0.717) is 30.1 Å².